The lowest BCUT2D eigenvalue weighted by Crippen LogP contribution is -2.52. The molecule has 4 aliphatic carbocycles. The Bertz CT molecular complexity index is 747. The van der Waals surface area contributed by atoms with E-state index < -0.39 is 5.79 Å². The lowest BCUT2D eigenvalue weighted by Gasteiger charge is -2.59. The Morgan fingerprint density at radius 2 is 1.67 bits per heavy atom. The molecular formula is C30H50O3. The number of esters is 1. The number of hydrogen-bond donors (Lipinski definition) is 0. The van der Waals surface area contributed by atoms with Crippen molar-refractivity contribution in [3.8, 4) is 0 Å². The van der Waals surface area contributed by atoms with Gasteiger partial charge in [0.25, 0.3) is 0 Å². The zero-order valence-electron chi connectivity index (χ0n) is 22.3. The molecule has 0 unspecified atom stereocenters. The first kappa shape index (κ1) is 24.1. The molecule has 0 N–H and O–H groups in total. The fourth-order valence-electron chi connectivity index (χ4n) is 10.1. The van der Waals surface area contributed by atoms with Crippen LogP contribution in [0.3, 0.4) is 0 Å². The summed E-state index contributed by atoms with van der Waals surface area (Å²) in [5, 5.41) is 0. The van der Waals surface area contributed by atoms with Crippen molar-refractivity contribution in [1.29, 1.82) is 0 Å². The molecule has 3 nitrogen and oxygen atoms in total. The van der Waals surface area contributed by atoms with Crippen LogP contribution in [0.1, 0.15) is 119 Å². The number of hydrogen-bond acceptors (Lipinski definition) is 3. The molecule has 5 aliphatic rings. The lowest BCUT2D eigenvalue weighted by molar-refractivity contribution is -0.163. The molecule has 4 saturated carbocycles. The Hall–Kier alpha value is -0.570. The predicted octanol–water partition coefficient (Wildman–Crippen LogP) is 7.77. The largest absolute Gasteiger partial charge is 0.430 e. The third-order valence-corrected chi connectivity index (χ3v) is 11.8. The van der Waals surface area contributed by atoms with Gasteiger partial charge in [-0.25, -0.2) is 0 Å². The van der Waals surface area contributed by atoms with Crippen molar-refractivity contribution in [2.45, 2.75) is 130 Å². The SMILES string of the molecule is CC(=O)O[C@]12C[C@@H]3CC[C@@H]4[C@@H]5CC[C@H]([C@H](C)CCCC(C)C)[C@]5(C)CC[C@@H]4[C@]3(C)CC[C@H]1O2. The zero-order valence-corrected chi connectivity index (χ0v) is 22.3. The van der Waals surface area contributed by atoms with Gasteiger partial charge in [-0.1, -0.05) is 53.9 Å². The van der Waals surface area contributed by atoms with Crippen molar-refractivity contribution in [2.24, 2.45) is 52.3 Å². The van der Waals surface area contributed by atoms with Gasteiger partial charge in [-0.2, -0.15) is 0 Å². The van der Waals surface area contributed by atoms with Crippen molar-refractivity contribution >= 4 is 5.97 Å². The molecule has 5 rings (SSSR count). The molecule has 1 saturated heterocycles. The van der Waals surface area contributed by atoms with Crippen molar-refractivity contribution in [1.82, 2.24) is 0 Å². The predicted molar refractivity (Wildman–Crippen MR) is 132 cm³/mol. The average Bonchev–Trinajstić information content (AvgIpc) is 3.29. The Balaban J connectivity index is 1.29. The molecule has 3 heteroatoms. The number of fused-ring (bicyclic) bond motifs is 6. The molecule has 1 aliphatic heterocycles. The van der Waals surface area contributed by atoms with Gasteiger partial charge in [0.15, 0.2) is 0 Å². The van der Waals surface area contributed by atoms with E-state index in [4.69, 9.17) is 9.47 Å². The normalized spacial score (nSPS) is 49.3. The zero-order chi connectivity index (χ0) is 23.6. The molecule has 33 heavy (non-hydrogen) atoms. The van der Waals surface area contributed by atoms with E-state index in [9.17, 15) is 4.79 Å². The molecule has 0 aromatic heterocycles. The first-order chi connectivity index (χ1) is 15.6. The van der Waals surface area contributed by atoms with E-state index >= 15 is 0 Å². The van der Waals surface area contributed by atoms with E-state index in [0.29, 0.717) is 16.7 Å². The minimum Gasteiger partial charge on any atom is -0.430 e. The van der Waals surface area contributed by atoms with Crippen LogP contribution in [0.25, 0.3) is 0 Å². The molecule has 0 bridgehead atoms. The fourth-order valence-corrected chi connectivity index (χ4v) is 10.1. The van der Waals surface area contributed by atoms with Gasteiger partial charge >= 0.3 is 5.97 Å². The monoisotopic (exact) mass is 458 g/mol. The summed E-state index contributed by atoms with van der Waals surface area (Å²) >= 11 is 0. The molecular weight excluding hydrogens is 408 g/mol. The molecule has 188 valence electrons. The first-order valence-electron chi connectivity index (χ1n) is 14.5. The Kier molecular flexibility index (Phi) is 6.24. The number of epoxide rings is 1. The highest BCUT2D eigenvalue weighted by molar-refractivity contribution is 5.66. The van der Waals surface area contributed by atoms with Gasteiger partial charge in [0, 0.05) is 13.3 Å². The van der Waals surface area contributed by atoms with E-state index in [1.807, 2.05) is 0 Å². The van der Waals surface area contributed by atoms with Crippen molar-refractivity contribution in [2.75, 3.05) is 0 Å². The first-order valence-corrected chi connectivity index (χ1v) is 14.5. The van der Waals surface area contributed by atoms with Gasteiger partial charge in [0.2, 0.25) is 5.79 Å². The van der Waals surface area contributed by atoms with Gasteiger partial charge in [0.1, 0.15) is 6.10 Å². The summed E-state index contributed by atoms with van der Waals surface area (Å²) < 4.78 is 11.8. The second kappa shape index (κ2) is 8.52. The Labute approximate surface area is 203 Å². The third-order valence-electron chi connectivity index (χ3n) is 11.8. The molecule has 0 amide bonds. The molecule has 0 spiro atoms. The highest BCUT2D eigenvalue weighted by Gasteiger charge is 2.67. The molecule has 5 fully saturated rings. The van der Waals surface area contributed by atoms with Crippen LogP contribution >= 0.6 is 0 Å². The van der Waals surface area contributed by atoms with Gasteiger partial charge in [-0.05, 0) is 104 Å². The number of carbonyl (C=O) groups is 1. The average molecular weight is 459 g/mol. The van der Waals surface area contributed by atoms with Crippen molar-refractivity contribution in [3.05, 3.63) is 0 Å². The van der Waals surface area contributed by atoms with Crippen LogP contribution in [0.15, 0.2) is 0 Å². The van der Waals surface area contributed by atoms with E-state index in [1.165, 1.54) is 71.1 Å². The third kappa shape index (κ3) is 4.01. The van der Waals surface area contributed by atoms with E-state index in [2.05, 4.69) is 34.6 Å². The highest BCUT2D eigenvalue weighted by atomic mass is 16.8. The summed E-state index contributed by atoms with van der Waals surface area (Å²) in [4.78, 5) is 11.8. The second-order valence-electron chi connectivity index (χ2n) is 13.9. The van der Waals surface area contributed by atoms with Crippen molar-refractivity contribution in [3.63, 3.8) is 0 Å². The van der Waals surface area contributed by atoms with Gasteiger partial charge in [-0.3, -0.25) is 4.79 Å². The summed E-state index contributed by atoms with van der Waals surface area (Å²) in [7, 11) is 0. The van der Waals surface area contributed by atoms with E-state index in [0.717, 1.165) is 48.3 Å². The van der Waals surface area contributed by atoms with Gasteiger partial charge in [0.05, 0.1) is 0 Å². The Morgan fingerprint density at radius 3 is 2.39 bits per heavy atom. The van der Waals surface area contributed by atoms with Gasteiger partial charge in [-0.15, -0.1) is 0 Å². The minimum atomic E-state index is -0.575. The van der Waals surface area contributed by atoms with Crippen LogP contribution in [0.4, 0.5) is 0 Å². The van der Waals surface area contributed by atoms with Gasteiger partial charge < -0.3 is 9.47 Å². The number of carbonyl (C=O) groups excluding carboxylic acids is 1. The maximum atomic E-state index is 11.8. The van der Waals surface area contributed by atoms with Crippen LogP contribution in [0.2, 0.25) is 0 Å². The van der Waals surface area contributed by atoms with Crippen LogP contribution in [-0.4, -0.2) is 17.9 Å². The molecule has 0 radical (unpaired) electrons. The fraction of sp³-hybridized carbons (Fsp3) is 0.967. The van der Waals surface area contributed by atoms with E-state index in [1.54, 1.807) is 0 Å². The lowest BCUT2D eigenvalue weighted by atomic mass is 9.45. The standard InChI is InChI=1S/C30H50O3/c1-19(2)8-7-9-20(3)24-12-13-25-23-11-10-22-18-30(32-21(4)31)27(33-30)15-17-28(22,5)26(23)14-16-29(24,25)6/h19-20,22-27H,7-18H2,1-6H3/t20-,22+,23-,24-,25+,26+,27-,28-,29+,30+/m1/s1. The maximum absolute atomic E-state index is 11.8. The summed E-state index contributed by atoms with van der Waals surface area (Å²) in [6.07, 6.45) is 16.1. The molecule has 0 aromatic carbocycles. The summed E-state index contributed by atoms with van der Waals surface area (Å²) in [5.41, 5.74) is 0.964. The summed E-state index contributed by atoms with van der Waals surface area (Å²) in [5.74, 6) is 5.25. The quantitative estimate of drug-likeness (QED) is 0.301. The Morgan fingerprint density at radius 1 is 0.939 bits per heavy atom. The number of ether oxygens (including phenoxy) is 2. The second-order valence-corrected chi connectivity index (χ2v) is 13.9. The van der Waals surface area contributed by atoms with Crippen LogP contribution < -0.4 is 0 Å². The van der Waals surface area contributed by atoms with Crippen LogP contribution in [0.5, 0.6) is 0 Å². The summed E-state index contributed by atoms with van der Waals surface area (Å²) in [6, 6.07) is 0. The minimum absolute atomic E-state index is 0.152. The maximum Gasteiger partial charge on any atom is 0.305 e. The smallest absolute Gasteiger partial charge is 0.305 e. The van der Waals surface area contributed by atoms with E-state index in [-0.39, 0.29) is 12.1 Å². The summed E-state index contributed by atoms with van der Waals surface area (Å²) in [6.45, 7) is 14.2. The van der Waals surface area contributed by atoms with Crippen LogP contribution in [-0.2, 0) is 14.3 Å². The molecule has 10 atom stereocenters. The topological polar surface area (TPSA) is 38.8 Å². The van der Waals surface area contributed by atoms with Crippen LogP contribution in [0, 0.1) is 52.3 Å². The number of rotatable bonds is 6. The molecule has 1 heterocycles. The van der Waals surface area contributed by atoms with Crippen molar-refractivity contribution < 1.29 is 14.3 Å². The highest BCUT2D eigenvalue weighted by Crippen LogP contribution is 2.69. The molecule has 0 aromatic rings.